The first-order chi connectivity index (χ1) is 9.22. The lowest BCUT2D eigenvalue weighted by molar-refractivity contribution is 0.607. The van der Waals surface area contributed by atoms with E-state index in [4.69, 9.17) is 11.1 Å². The van der Waals surface area contributed by atoms with E-state index in [1.54, 1.807) is 0 Å². The zero-order chi connectivity index (χ0) is 13.9. The van der Waals surface area contributed by atoms with Crippen LogP contribution in [0.5, 0.6) is 0 Å². The number of aryl methyl sites for hydroxylation is 1. The number of benzene rings is 1. The molecule has 106 valence electrons. The fourth-order valence-electron chi connectivity index (χ4n) is 2.07. The summed E-state index contributed by atoms with van der Waals surface area (Å²) in [6, 6.07) is 8.73. The predicted molar refractivity (Wildman–Crippen MR) is 86.7 cm³/mol. The lowest BCUT2D eigenvalue weighted by atomic mass is 10.0. The van der Waals surface area contributed by atoms with Crippen LogP contribution in [0.15, 0.2) is 24.3 Å². The van der Waals surface area contributed by atoms with Crippen molar-refractivity contribution in [2.75, 3.05) is 0 Å². The monoisotopic (exact) mass is 278 g/mol. The molecule has 3 heteroatoms. The molecule has 0 radical (unpaired) electrons. The Morgan fingerprint density at radius 2 is 1.58 bits per heavy atom. The van der Waals surface area contributed by atoms with Crippen LogP contribution in [0, 0.1) is 5.41 Å². The maximum Gasteiger partial charge on any atom is 0.151 e. The molecule has 0 aliphatic heterocycles. The zero-order valence-electron chi connectivity index (χ0n) is 12.0. The molecule has 0 aliphatic rings. The molecule has 0 unspecified atom stereocenters. The summed E-state index contributed by atoms with van der Waals surface area (Å²) in [6.07, 6.45) is 9.29. The molecule has 0 spiro atoms. The highest BCUT2D eigenvalue weighted by atomic mass is 32.2. The largest absolute Gasteiger partial charge is 0.379 e. The molecular formula is C16H26N2S. The number of nitrogens with one attached hydrogen (secondary N) is 1. The van der Waals surface area contributed by atoms with Gasteiger partial charge in [0.15, 0.2) is 5.17 Å². The molecule has 2 nitrogen and oxygen atoms in total. The number of unbranched alkanes of at least 4 members (excludes halogenated alkanes) is 5. The quantitative estimate of drug-likeness (QED) is 0.390. The molecule has 1 aromatic rings. The minimum Gasteiger partial charge on any atom is -0.379 e. The average molecular weight is 278 g/mol. The van der Waals surface area contributed by atoms with Gasteiger partial charge in [-0.05, 0) is 24.0 Å². The summed E-state index contributed by atoms with van der Waals surface area (Å²) in [5.74, 6) is 0.798. The second-order valence-electron chi connectivity index (χ2n) is 4.99. The molecule has 0 aromatic heterocycles. The van der Waals surface area contributed by atoms with Gasteiger partial charge >= 0.3 is 0 Å². The van der Waals surface area contributed by atoms with E-state index >= 15 is 0 Å². The fraction of sp³-hybridized carbons (Fsp3) is 0.562. The molecule has 0 saturated heterocycles. The van der Waals surface area contributed by atoms with Crippen molar-refractivity contribution in [2.45, 2.75) is 57.6 Å². The molecule has 0 heterocycles. The standard InChI is InChI=1S/C16H26N2S/c1-2-3-4-5-6-7-8-14-9-11-15(12-10-14)13-19-16(17)18/h9-12H,2-8,13H2,1H3,(H3,17,18). The zero-order valence-corrected chi connectivity index (χ0v) is 12.8. The Kier molecular flexibility index (Phi) is 8.39. The van der Waals surface area contributed by atoms with Crippen LogP contribution < -0.4 is 5.73 Å². The highest BCUT2D eigenvalue weighted by Crippen LogP contribution is 2.14. The number of amidine groups is 1. The molecule has 0 atom stereocenters. The summed E-state index contributed by atoms with van der Waals surface area (Å²) in [7, 11) is 0. The van der Waals surface area contributed by atoms with E-state index in [1.807, 2.05) is 0 Å². The topological polar surface area (TPSA) is 49.9 Å². The van der Waals surface area contributed by atoms with Crippen molar-refractivity contribution in [3.63, 3.8) is 0 Å². The molecular weight excluding hydrogens is 252 g/mol. The van der Waals surface area contributed by atoms with Crippen LogP contribution in [0.25, 0.3) is 0 Å². The first-order valence-electron chi connectivity index (χ1n) is 7.27. The Bertz CT molecular complexity index is 360. The van der Waals surface area contributed by atoms with Gasteiger partial charge in [-0.25, -0.2) is 0 Å². The predicted octanol–water partition coefficient (Wildman–Crippen LogP) is 4.72. The van der Waals surface area contributed by atoms with E-state index in [2.05, 4.69) is 31.2 Å². The van der Waals surface area contributed by atoms with Crippen molar-refractivity contribution in [1.29, 1.82) is 5.41 Å². The van der Waals surface area contributed by atoms with Crippen molar-refractivity contribution < 1.29 is 0 Å². The normalized spacial score (nSPS) is 10.6. The van der Waals surface area contributed by atoms with Gasteiger partial charge in [-0.3, -0.25) is 5.41 Å². The molecule has 1 aromatic carbocycles. The second-order valence-corrected chi connectivity index (χ2v) is 6.00. The van der Waals surface area contributed by atoms with Gasteiger partial charge in [0.05, 0.1) is 0 Å². The van der Waals surface area contributed by atoms with Crippen LogP contribution >= 0.6 is 11.8 Å². The third kappa shape index (κ3) is 7.93. The number of thioether (sulfide) groups is 1. The summed E-state index contributed by atoms with van der Waals surface area (Å²) < 4.78 is 0. The molecule has 0 aliphatic carbocycles. The molecule has 0 amide bonds. The lowest BCUT2D eigenvalue weighted by Gasteiger charge is -2.04. The Morgan fingerprint density at radius 3 is 2.21 bits per heavy atom. The molecule has 19 heavy (non-hydrogen) atoms. The van der Waals surface area contributed by atoms with Crippen molar-refractivity contribution in [3.05, 3.63) is 35.4 Å². The van der Waals surface area contributed by atoms with Gasteiger partial charge in [-0.1, -0.05) is 75.1 Å². The first-order valence-corrected chi connectivity index (χ1v) is 8.25. The molecule has 1 rings (SSSR count). The van der Waals surface area contributed by atoms with Gasteiger partial charge in [-0.15, -0.1) is 0 Å². The SMILES string of the molecule is CCCCCCCCc1ccc(CSC(=N)N)cc1. The number of nitrogens with two attached hydrogens (primary N) is 1. The summed E-state index contributed by atoms with van der Waals surface area (Å²) >= 11 is 1.38. The van der Waals surface area contributed by atoms with Crippen LogP contribution in [0.2, 0.25) is 0 Å². The highest BCUT2D eigenvalue weighted by molar-refractivity contribution is 8.13. The maximum absolute atomic E-state index is 7.19. The second kappa shape index (κ2) is 9.90. The lowest BCUT2D eigenvalue weighted by Crippen LogP contribution is -2.03. The molecule has 3 N–H and O–H groups in total. The number of hydrogen-bond donors (Lipinski definition) is 2. The minimum absolute atomic E-state index is 0.191. The fourth-order valence-corrected chi connectivity index (χ4v) is 2.59. The van der Waals surface area contributed by atoms with Crippen LogP contribution in [0.4, 0.5) is 0 Å². The summed E-state index contributed by atoms with van der Waals surface area (Å²) in [5.41, 5.74) is 8.00. The highest BCUT2D eigenvalue weighted by Gasteiger charge is 1.97. The van der Waals surface area contributed by atoms with E-state index in [-0.39, 0.29) is 5.17 Å². The average Bonchev–Trinajstić information content (AvgIpc) is 2.41. The first kappa shape index (κ1) is 16.1. The maximum atomic E-state index is 7.19. The van der Waals surface area contributed by atoms with Gasteiger partial charge in [-0.2, -0.15) is 0 Å². The number of hydrogen-bond acceptors (Lipinski definition) is 2. The van der Waals surface area contributed by atoms with E-state index in [0.29, 0.717) is 0 Å². The van der Waals surface area contributed by atoms with Crippen molar-refractivity contribution >= 4 is 16.9 Å². The van der Waals surface area contributed by atoms with Crippen LogP contribution in [-0.4, -0.2) is 5.17 Å². The van der Waals surface area contributed by atoms with E-state index in [0.717, 1.165) is 5.75 Å². The van der Waals surface area contributed by atoms with Crippen molar-refractivity contribution in [1.82, 2.24) is 0 Å². The third-order valence-corrected chi connectivity index (χ3v) is 4.02. The summed E-state index contributed by atoms with van der Waals surface area (Å²) in [4.78, 5) is 0. The minimum atomic E-state index is 0.191. The van der Waals surface area contributed by atoms with E-state index in [1.165, 1.54) is 67.8 Å². The van der Waals surface area contributed by atoms with E-state index < -0.39 is 0 Å². The van der Waals surface area contributed by atoms with Gasteiger partial charge in [0.25, 0.3) is 0 Å². The van der Waals surface area contributed by atoms with E-state index in [9.17, 15) is 0 Å². The van der Waals surface area contributed by atoms with Gasteiger partial charge in [0.2, 0.25) is 0 Å². The number of rotatable bonds is 9. The Labute approximate surface area is 121 Å². The molecule has 0 fully saturated rings. The smallest absolute Gasteiger partial charge is 0.151 e. The Morgan fingerprint density at radius 1 is 1.00 bits per heavy atom. The third-order valence-electron chi connectivity index (χ3n) is 3.24. The summed E-state index contributed by atoms with van der Waals surface area (Å²) in [5, 5.41) is 7.38. The molecule has 0 bridgehead atoms. The van der Waals surface area contributed by atoms with Crippen LogP contribution in [0.1, 0.15) is 56.6 Å². The molecule has 0 saturated carbocycles. The van der Waals surface area contributed by atoms with Gasteiger partial charge < -0.3 is 5.73 Å². The van der Waals surface area contributed by atoms with Crippen LogP contribution in [-0.2, 0) is 12.2 Å². The van der Waals surface area contributed by atoms with Gasteiger partial charge in [0.1, 0.15) is 0 Å². The Hall–Kier alpha value is -0.960. The summed E-state index contributed by atoms with van der Waals surface area (Å²) in [6.45, 7) is 2.26. The van der Waals surface area contributed by atoms with Gasteiger partial charge in [0, 0.05) is 5.75 Å². The van der Waals surface area contributed by atoms with Crippen LogP contribution in [0.3, 0.4) is 0 Å². The van der Waals surface area contributed by atoms with Crippen molar-refractivity contribution in [3.8, 4) is 0 Å². The Balaban J connectivity index is 2.19. The van der Waals surface area contributed by atoms with Crippen molar-refractivity contribution in [2.24, 2.45) is 5.73 Å².